The minimum atomic E-state index is 0.158. The van der Waals surface area contributed by atoms with Crippen LogP contribution in [0.1, 0.15) is 34.6 Å². The Kier molecular flexibility index (Phi) is 3.83. The van der Waals surface area contributed by atoms with E-state index in [1.807, 2.05) is 36.1 Å². The van der Waals surface area contributed by atoms with Gasteiger partial charge in [-0.2, -0.15) is 0 Å². The molecule has 0 atom stereocenters. The summed E-state index contributed by atoms with van der Waals surface area (Å²) in [5.41, 5.74) is 2.84. The predicted octanol–water partition coefficient (Wildman–Crippen LogP) is 3.74. The smallest absolute Gasteiger partial charge is 0.253 e. The number of benzene rings is 1. The molecule has 2 aromatic rings. The summed E-state index contributed by atoms with van der Waals surface area (Å²) in [4.78, 5) is 18.8. The van der Waals surface area contributed by atoms with Crippen molar-refractivity contribution in [3.05, 3.63) is 40.2 Å². The Hall–Kier alpha value is -1.68. The van der Waals surface area contributed by atoms with E-state index in [0.717, 1.165) is 47.8 Å². The maximum absolute atomic E-state index is 12.4. The van der Waals surface area contributed by atoms with E-state index in [9.17, 15) is 4.79 Å². The molecule has 0 N–H and O–H groups in total. The molecule has 1 aliphatic heterocycles. The molecule has 3 rings (SSSR count). The maximum atomic E-state index is 12.4. The fourth-order valence-electron chi connectivity index (χ4n) is 2.56. The third-order valence-corrected chi connectivity index (χ3v) is 4.46. The zero-order chi connectivity index (χ0) is 13.9. The second kappa shape index (κ2) is 5.75. The van der Waals surface area contributed by atoms with Gasteiger partial charge in [-0.15, -0.1) is 11.3 Å². The molecule has 1 saturated heterocycles. The van der Waals surface area contributed by atoms with Gasteiger partial charge in [-0.25, -0.2) is 4.98 Å². The lowest BCUT2D eigenvalue weighted by atomic mass is 10.1. The van der Waals surface area contributed by atoms with E-state index in [2.05, 4.69) is 10.4 Å². The molecule has 0 radical (unpaired) electrons. The lowest BCUT2D eigenvalue weighted by Crippen LogP contribution is -2.35. The van der Waals surface area contributed by atoms with E-state index in [1.165, 1.54) is 6.42 Å². The van der Waals surface area contributed by atoms with E-state index < -0.39 is 0 Å². The molecule has 2 heterocycles. The van der Waals surface area contributed by atoms with Crippen LogP contribution in [0.3, 0.4) is 0 Å². The van der Waals surface area contributed by atoms with Crippen molar-refractivity contribution in [1.82, 2.24) is 9.88 Å². The van der Waals surface area contributed by atoms with Crippen molar-refractivity contribution in [3.63, 3.8) is 0 Å². The van der Waals surface area contributed by atoms with Gasteiger partial charge in [-0.3, -0.25) is 4.79 Å². The Bertz CT molecular complexity index is 597. The number of hydrogen-bond donors (Lipinski definition) is 0. The first kappa shape index (κ1) is 13.3. The van der Waals surface area contributed by atoms with Gasteiger partial charge in [-0.05, 0) is 38.3 Å². The Morgan fingerprint density at radius 1 is 1.15 bits per heavy atom. The summed E-state index contributed by atoms with van der Waals surface area (Å²) in [6.07, 6.45) is 3.50. The first-order valence-electron chi connectivity index (χ1n) is 7.06. The zero-order valence-corrected chi connectivity index (χ0v) is 12.4. The summed E-state index contributed by atoms with van der Waals surface area (Å²) in [6, 6.07) is 7.82. The highest BCUT2D eigenvalue weighted by Gasteiger charge is 2.18. The van der Waals surface area contributed by atoms with Gasteiger partial charge in [0, 0.05) is 29.6 Å². The molecule has 1 fully saturated rings. The number of carbonyl (C=O) groups excluding carboxylic acids is 1. The summed E-state index contributed by atoms with van der Waals surface area (Å²) in [5.74, 6) is 0.158. The molecule has 0 spiro atoms. The zero-order valence-electron chi connectivity index (χ0n) is 11.6. The van der Waals surface area contributed by atoms with Gasteiger partial charge in [-0.1, -0.05) is 12.1 Å². The minimum Gasteiger partial charge on any atom is -0.339 e. The molecule has 1 aromatic carbocycles. The van der Waals surface area contributed by atoms with Gasteiger partial charge >= 0.3 is 0 Å². The molecule has 1 amide bonds. The second-order valence-corrected chi connectivity index (χ2v) is 6.24. The van der Waals surface area contributed by atoms with Crippen molar-refractivity contribution in [2.24, 2.45) is 0 Å². The third-order valence-electron chi connectivity index (χ3n) is 3.69. The molecule has 0 bridgehead atoms. The number of rotatable bonds is 2. The van der Waals surface area contributed by atoms with Crippen molar-refractivity contribution in [3.8, 4) is 11.3 Å². The van der Waals surface area contributed by atoms with Crippen LogP contribution in [-0.2, 0) is 0 Å². The van der Waals surface area contributed by atoms with Crippen molar-refractivity contribution in [2.75, 3.05) is 13.1 Å². The summed E-state index contributed by atoms with van der Waals surface area (Å²) in [6.45, 7) is 3.79. The molecular formula is C16H18N2OS. The van der Waals surface area contributed by atoms with Crippen molar-refractivity contribution in [2.45, 2.75) is 26.2 Å². The third kappa shape index (κ3) is 2.75. The number of nitrogens with zero attached hydrogens (tertiary/aromatic N) is 2. The fraction of sp³-hybridized carbons (Fsp3) is 0.375. The van der Waals surface area contributed by atoms with Crippen LogP contribution in [0.4, 0.5) is 0 Å². The highest BCUT2D eigenvalue weighted by atomic mass is 32.1. The average molecular weight is 286 g/mol. The van der Waals surface area contributed by atoms with Crippen LogP contribution < -0.4 is 0 Å². The van der Waals surface area contributed by atoms with E-state index in [1.54, 1.807) is 11.3 Å². The number of carbonyl (C=O) groups is 1. The number of aryl methyl sites for hydroxylation is 1. The van der Waals surface area contributed by atoms with Gasteiger partial charge < -0.3 is 4.90 Å². The fourth-order valence-corrected chi connectivity index (χ4v) is 3.18. The summed E-state index contributed by atoms with van der Waals surface area (Å²) < 4.78 is 0. The van der Waals surface area contributed by atoms with Crippen LogP contribution in [0.5, 0.6) is 0 Å². The van der Waals surface area contributed by atoms with Gasteiger partial charge in [0.1, 0.15) is 0 Å². The van der Waals surface area contributed by atoms with Gasteiger partial charge in [0.15, 0.2) is 0 Å². The lowest BCUT2D eigenvalue weighted by molar-refractivity contribution is 0.0724. The molecule has 0 aliphatic carbocycles. The molecule has 0 unspecified atom stereocenters. The van der Waals surface area contributed by atoms with Crippen LogP contribution in [0.15, 0.2) is 29.6 Å². The second-order valence-electron chi connectivity index (χ2n) is 5.18. The Morgan fingerprint density at radius 3 is 2.45 bits per heavy atom. The van der Waals surface area contributed by atoms with Crippen LogP contribution in [0, 0.1) is 6.92 Å². The Balaban J connectivity index is 1.77. The number of aromatic nitrogens is 1. The molecule has 0 saturated carbocycles. The van der Waals surface area contributed by atoms with Crippen LogP contribution in [-0.4, -0.2) is 28.9 Å². The first-order valence-corrected chi connectivity index (χ1v) is 7.94. The minimum absolute atomic E-state index is 0.158. The van der Waals surface area contributed by atoms with Crippen molar-refractivity contribution in [1.29, 1.82) is 0 Å². The van der Waals surface area contributed by atoms with E-state index in [0.29, 0.717) is 0 Å². The molecule has 3 nitrogen and oxygen atoms in total. The molecule has 20 heavy (non-hydrogen) atoms. The SMILES string of the molecule is Cc1nc(-c2ccc(C(=O)N3CCCCC3)cc2)cs1. The molecular weight excluding hydrogens is 268 g/mol. The predicted molar refractivity (Wildman–Crippen MR) is 82.0 cm³/mol. The summed E-state index contributed by atoms with van der Waals surface area (Å²) in [7, 11) is 0. The largest absolute Gasteiger partial charge is 0.339 e. The van der Waals surface area contributed by atoms with Crippen LogP contribution >= 0.6 is 11.3 Å². The number of hydrogen-bond acceptors (Lipinski definition) is 3. The monoisotopic (exact) mass is 286 g/mol. The van der Waals surface area contributed by atoms with Crippen LogP contribution in [0.2, 0.25) is 0 Å². The summed E-state index contributed by atoms with van der Waals surface area (Å²) in [5, 5.41) is 3.12. The highest BCUT2D eigenvalue weighted by molar-refractivity contribution is 7.09. The molecule has 1 aromatic heterocycles. The molecule has 104 valence electrons. The molecule has 1 aliphatic rings. The quantitative estimate of drug-likeness (QED) is 0.842. The van der Waals surface area contributed by atoms with Crippen LogP contribution in [0.25, 0.3) is 11.3 Å². The standard InChI is InChI=1S/C16H18N2OS/c1-12-17-15(11-20-12)13-5-7-14(8-6-13)16(19)18-9-3-2-4-10-18/h5-8,11H,2-4,9-10H2,1H3. The van der Waals surface area contributed by atoms with Gasteiger partial charge in [0.05, 0.1) is 10.7 Å². The number of amides is 1. The van der Waals surface area contributed by atoms with E-state index in [4.69, 9.17) is 0 Å². The molecule has 4 heteroatoms. The number of likely N-dealkylation sites (tertiary alicyclic amines) is 1. The van der Waals surface area contributed by atoms with E-state index >= 15 is 0 Å². The van der Waals surface area contributed by atoms with E-state index in [-0.39, 0.29) is 5.91 Å². The van der Waals surface area contributed by atoms with Gasteiger partial charge in [0.2, 0.25) is 0 Å². The Morgan fingerprint density at radius 2 is 1.85 bits per heavy atom. The lowest BCUT2D eigenvalue weighted by Gasteiger charge is -2.26. The summed E-state index contributed by atoms with van der Waals surface area (Å²) >= 11 is 1.65. The Labute approximate surface area is 123 Å². The first-order chi connectivity index (χ1) is 9.74. The number of piperidine rings is 1. The van der Waals surface area contributed by atoms with Crippen molar-refractivity contribution < 1.29 is 4.79 Å². The normalized spacial score (nSPS) is 15.3. The highest BCUT2D eigenvalue weighted by Crippen LogP contribution is 2.22. The van der Waals surface area contributed by atoms with Crippen molar-refractivity contribution >= 4 is 17.2 Å². The number of thiazole rings is 1. The topological polar surface area (TPSA) is 33.2 Å². The maximum Gasteiger partial charge on any atom is 0.253 e. The van der Waals surface area contributed by atoms with Gasteiger partial charge in [0.25, 0.3) is 5.91 Å². The average Bonchev–Trinajstić information content (AvgIpc) is 2.94.